The summed E-state index contributed by atoms with van der Waals surface area (Å²) in [6, 6.07) is 16.7. The molecule has 1 fully saturated rings. The number of fused-ring (bicyclic) bond motifs is 5. The van der Waals surface area contributed by atoms with Gasteiger partial charge in [0.25, 0.3) is 11.8 Å². The van der Waals surface area contributed by atoms with Crippen LogP contribution in [0.25, 0.3) is 27.6 Å². The number of hydrogen-bond donors (Lipinski definition) is 1. The van der Waals surface area contributed by atoms with E-state index in [9.17, 15) is 9.59 Å². The minimum absolute atomic E-state index is 0.0744. The molecule has 9 heteroatoms. The number of imidazole rings is 1. The number of benzene rings is 2. The van der Waals surface area contributed by atoms with Crippen LogP contribution in [0, 0.1) is 4.77 Å². The third-order valence-corrected chi connectivity index (χ3v) is 6.38. The van der Waals surface area contributed by atoms with Crippen LogP contribution in [0.1, 0.15) is 20.9 Å². The third kappa shape index (κ3) is 3.20. The first-order valence-electron chi connectivity index (χ1n) is 10.7. The number of amides is 2. The molecule has 0 saturated carbocycles. The molecule has 1 aliphatic rings. The minimum atomic E-state index is -0.151. The van der Waals surface area contributed by atoms with Gasteiger partial charge in [-0.25, -0.2) is 4.98 Å². The van der Waals surface area contributed by atoms with E-state index in [4.69, 9.17) is 21.6 Å². The molecular weight excluding hydrogens is 438 g/mol. The predicted molar refractivity (Wildman–Crippen MR) is 126 cm³/mol. The van der Waals surface area contributed by atoms with Gasteiger partial charge in [-0.2, -0.15) is 0 Å². The number of carbonyl (C=O) groups excluding carboxylic acids is 2. The number of piperazine rings is 1. The number of aromatic nitrogens is 3. The minimum Gasteiger partial charge on any atom is -0.459 e. The van der Waals surface area contributed by atoms with E-state index in [0.29, 0.717) is 42.3 Å². The molecular formula is C24H19N5O3S. The Morgan fingerprint density at radius 3 is 2.45 bits per heavy atom. The molecule has 164 valence electrons. The number of rotatable bonds is 2. The van der Waals surface area contributed by atoms with E-state index >= 15 is 0 Å². The molecule has 3 aromatic heterocycles. The summed E-state index contributed by atoms with van der Waals surface area (Å²) in [5.41, 5.74) is 3.91. The van der Waals surface area contributed by atoms with Crippen LogP contribution < -0.4 is 0 Å². The number of hydrogen-bond acceptors (Lipinski definition) is 5. The molecule has 0 spiro atoms. The predicted octanol–water partition coefficient (Wildman–Crippen LogP) is 3.89. The number of H-pyrrole nitrogens is 1. The van der Waals surface area contributed by atoms with Gasteiger partial charge in [0.05, 0.1) is 22.8 Å². The number of furan rings is 1. The summed E-state index contributed by atoms with van der Waals surface area (Å²) < 4.78 is 7.65. The molecule has 0 atom stereocenters. The number of carbonyl (C=O) groups is 2. The van der Waals surface area contributed by atoms with Crippen LogP contribution in [0.5, 0.6) is 0 Å². The molecule has 4 heterocycles. The van der Waals surface area contributed by atoms with Gasteiger partial charge in [-0.1, -0.05) is 12.1 Å². The second-order valence-corrected chi connectivity index (χ2v) is 8.40. The van der Waals surface area contributed by atoms with Crippen molar-refractivity contribution >= 4 is 51.6 Å². The van der Waals surface area contributed by atoms with Crippen molar-refractivity contribution in [1.82, 2.24) is 24.2 Å². The molecule has 2 aromatic carbocycles. The standard InChI is InChI=1S/C24H19N5O3S/c30-22(27-9-11-28(12-10-27)23(31)20-6-3-13-32-20)15-7-8-16-18(14-15)26-24(33)29-19-5-2-1-4-17(19)25-21(16)29/h1-8,13-14H,9-12H2,(H,26,33). The Labute approximate surface area is 193 Å². The van der Waals surface area contributed by atoms with Gasteiger partial charge in [-0.05, 0) is 54.7 Å². The number of para-hydroxylation sites is 2. The second-order valence-electron chi connectivity index (χ2n) is 8.01. The van der Waals surface area contributed by atoms with E-state index in [1.165, 1.54) is 6.26 Å². The normalized spacial score (nSPS) is 14.4. The van der Waals surface area contributed by atoms with Crippen LogP contribution >= 0.6 is 12.2 Å². The molecule has 0 unspecified atom stereocenters. The van der Waals surface area contributed by atoms with Crippen molar-refractivity contribution in [3.63, 3.8) is 0 Å². The van der Waals surface area contributed by atoms with Crippen LogP contribution in [-0.4, -0.2) is 62.2 Å². The maximum atomic E-state index is 13.2. The second kappa shape index (κ2) is 7.56. The SMILES string of the molecule is O=C(c1ccc2c(c1)[nH]c(=S)n1c3ccccc3nc21)N1CCN(C(=O)c2ccco2)CC1. The molecule has 0 radical (unpaired) electrons. The topological polar surface area (TPSA) is 86.9 Å². The summed E-state index contributed by atoms with van der Waals surface area (Å²) in [5.74, 6) is 0.0914. The maximum absolute atomic E-state index is 13.2. The highest BCUT2D eigenvalue weighted by molar-refractivity contribution is 7.71. The fourth-order valence-corrected chi connectivity index (χ4v) is 4.71. The summed E-state index contributed by atoms with van der Waals surface area (Å²) in [5, 5.41) is 0.894. The Morgan fingerprint density at radius 1 is 0.939 bits per heavy atom. The lowest BCUT2D eigenvalue weighted by atomic mass is 10.1. The van der Waals surface area contributed by atoms with Crippen molar-refractivity contribution < 1.29 is 14.0 Å². The van der Waals surface area contributed by atoms with Crippen molar-refractivity contribution in [3.05, 3.63) is 77.0 Å². The van der Waals surface area contributed by atoms with E-state index in [2.05, 4.69) is 4.98 Å². The smallest absolute Gasteiger partial charge is 0.289 e. The maximum Gasteiger partial charge on any atom is 0.289 e. The lowest BCUT2D eigenvalue weighted by Gasteiger charge is -2.34. The van der Waals surface area contributed by atoms with E-state index in [1.807, 2.05) is 46.9 Å². The molecule has 1 N–H and O–H groups in total. The molecule has 1 aliphatic heterocycles. The Bertz CT molecular complexity index is 1590. The quantitative estimate of drug-likeness (QED) is 0.407. The van der Waals surface area contributed by atoms with E-state index < -0.39 is 0 Å². The Morgan fingerprint density at radius 2 is 1.70 bits per heavy atom. The molecule has 6 rings (SSSR count). The summed E-state index contributed by atoms with van der Waals surface area (Å²) >= 11 is 5.59. The van der Waals surface area contributed by atoms with Crippen molar-refractivity contribution in [1.29, 1.82) is 0 Å². The third-order valence-electron chi connectivity index (χ3n) is 6.10. The molecule has 0 aliphatic carbocycles. The lowest BCUT2D eigenvalue weighted by molar-refractivity contribution is 0.0518. The summed E-state index contributed by atoms with van der Waals surface area (Å²) in [6.07, 6.45) is 1.48. The van der Waals surface area contributed by atoms with Crippen LogP contribution in [0.4, 0.5) is 0 Å². The first kappa shape index (κ1) is 19.7. The van der Waals surface area contributed by atoms with E-state index in [1.54, 1.807) is 21.9 Å². The highest BCUT2D eigenvalue weighted by Crippen LogP contribution is 2.25. The van der Waals surface area contributed by atoms with Gasteiger partial charge in [-0.15, -0.1) is 0 Å². The zero-order valence-electron chi connectivity index (χ0n) is 17.5. The van der Waals surface area contributed by atoms with Gasteiger partial charge < -0.3 is 19.2 Å². The van der Waals surface area contributed by atoms with Crippen LogP contribution in [0.15, 0.2) is 65.3 Å². The Balaban J connectivity index is 1.28. The van der Waals surface area contributed by atoms with Gasteiger partial charge in [0.1, 0.15) is 5.65 Å². The van der Waals surface area contributed by atoms with Crippen molar-refractivity contribution in [2.75, 3.05) is 26.2 Å². The summed E-state index contributed by atoms with van der Waals surface area (Å²) in [6.45, 7) is 1.85. The highest BCUT2D eigenvalue weighted by atomic mass is 32.1. The first-order chi connectivity index (χ1) is 16.1. The fourth-order valence-electron chi connectivity index (χ4n) is 4.41. The highest BCUT2D eigenvalue weighted by Gasteiger charge is 2.27. The number of nitrogens with one attached hydrogen (secondary N) is 1. The molecule has 8 nitrogen and oxygen atoms in total. The number of nitrogens with zero attached hydrogens (tertiary/aromatic N) is 4. The molecule has 0 bridgehead atoms. The monoisotopic (exact) mass is 457 g/mol. The van der Waals surface area contributed by atoms with Gasteiger partial charge in [0, 0.05) is 37.1 Å². The summed E-state index contributed by atoms with van der Waals surface area (Å²) in [7, 11) is 0. The lowest BCUT2D eigenvalue weighted by Crippen LogP contribution is -2.50. The van der Waals surface area contributed by atoms with Crippen molar-refractivity contribution in [3.8, 4) is 0 Å². The van der Waals surface area contributed by atoms with Crippen molar-refractivity contribution in [2.45, 2.75) is 0 Å². The summed E-state index contributed by atoms with van der Waals surface area (Å²) in [4.78, 5) is 37.1. The molecule has 1 saturated heterocycles. The van der Waals surface area contributed by atoms with Crippen LogP contribution in [0.2, 0.25) is 0 Å². The molecule has 5 aromatic rings. The van der Waals surface area contributed by atoms with E-state index in [-0.39, 0.29) is 11.8 Å². The van der Waals surface area contributed by atoms with Crippen molar-refractivity contribution in [2.24, 2.45) is 0 Å². The van der Waals surface area contributed by atoms with Gasteiger partial charge >= 0.3 is 0 Å². The Kier molecular flexibility index (Phi) is 4.51. The van der Waals surface area contributed by atoms with Gasteiger partial charge in [-0.3, -0.25) is 14.0 Å². The van der Waals surface area contributed by atoms with E-state index in [0.717, 1.165) is 27.6 Å². The average Bonchev–Trinajstić information content (AvgIpc) is 3.52. The van der Waals surface area contributed by atoms with Crippen LogP contribution in [-0.2, 0) is 0 Å². The zero-order valence-corrected chi connectivity index (χ0v) is 18.3. The van der Waals surface area contributed by atoms with Gasteiger partial charge in [0.15, 0.2) is 10.5 Å². The van der Waals surface area contributed by atoms with Gasteiger partial charge in [0.2, 0.25) is 0 Å². The number of aromatic amines is 1. The van der Waals surface area contributed by atoms with Crippen LogP contribution in [0.3, 0.4) is 0 Å². The molecule has 33 heavy (non-hydrogen) atoms. The first-order valence-corrected chi connectivity index (χ1v) is 11.1. The zero-order chi connectivity index (χ0) is 22.5. The Hall–Kier alpha value is -3.98. The largest absolute Gasteiger partial charge is 0.459 e. The fraction of sp³-hybridized carbons (Fsp3) is 0.167. The molecule has 2 amide bonds. The average molecular weight is 458 g/mol.